The van der Waals surface area contributed by atoms with Gasteiger partial charge in [-0.1, -0.05) is 47.6 Å². The number of nitrogens with one attached hydrogen (secondary N) is 3. The number of carbonyl (C=O) groups excluding carboxylic acids is 3. The molecule has 2 heterocycles. The molecule has 1 fully saturated rings. The first kappa shape index (κ1) is 31.0. The maximum absolute atomic E-state index is 12.3. The lowest BCUT2D eigenvalue weighted by molar-refractivity contribution is -0.118. The molecule has 4 amide bonds. The Balaban J connectivity index is 0.974. The molecular formula is C34H30ClN5O5S. The predicted molar refractivity (Wildman–Crippen MR) is 180 cm³/mol. The van der Waals surface area contributed by atoms with E-state index < -0.39 is 5.25 Å². The van der Waals surface area contributed by atoms with E-state index in [1.54, 1.807) is 24.3 Å². The fraction of sp³-hybridized carbons (Fsp3) is 0.176. The summed E-state index contributed by atoms with van der Waals surface area (Å²) in [6, 6.07) is 27.5. The van der Waals surface area contributed by atoms with Gasteiger partial charge in [0.2, 0.25) is 5.91 Å². The Morgan fingerprint density at radius 1 is 0.891 bits per heavy atom. The summed E-state index contributed by atoms with van der Waals surface area (Å²) in [4.78, 5) is 40.2. The number of thioether (sulfide) groups is 1. The van der Waals surface area contributed by atoms with Crippen molar-refractivity contribution in [1.82, 2.24) is 14.9 Å². The zero-order valence-corrected chi connectivity index (χ0v) is 26.4. The number of urea groups is 1. The minimum atomic E-state index is -0.398. The highest BCUT2D eigenvalue weighted by molar-refractivity contribution is 8.15. The van der Waals surface area contributed by atoms with Crippen molar-refractivity contribution in [2.45, 2.75) is 24.7 Å². The molecule has 0 spiro atoms. The molecule has 46 heavy (non-hydrogen) atoms. The number of aromatic nitrogens is 2. The summed E-state index contributed by atoms with van der Waals surface area (Å²) in [6.45, 7) is 0.767. The number of carbonyl (C=O) groups is 3. The number of ether oxygens (including phenoxy) is 2. The molecule has 1 saturated heterocycles. The van der Waals surface area contributed by atoms with Crippen molar-refractivity contribution >= 4 is 62.9 Å². The third-order valence-corrected chi connectivity index (χ3v) is 8.63. The van der Waals surface area contributed by atoms with Crippen molar-refractivity contribution < 1.29 is 23.9 Å². The van der Waals surface area contributed by atoms with E-state index in [1.807, 2.05) is 78.3 Å². The largest absolute Gasteiger partial charge is 0.493 e. The number of amides is 4. The van der Waals surface area contributed by atoms with E-state index >= 15 is 0 Å². The standard InChI is InChI=1S/C34H30ClN5O5S/c1-40-29-19-27(44-17-16-21-2-8-24(9-3-21)36-33(42)37-25-10-6-23(35)7-11-25)14-15-28(29)38-31(40)20-45-26-12-4-22(5-13-26)18-30-32(41)39-34(43)46-30/h2-15,19,30H,16-18,20H2,1H3,(H2,36,37,42)(H,39,41,43). The number of hydrogen-bond acceptors (Lipinski definition) is 7. The third-order valence-electron chi connectivity index (χ3n) is 7.40. The van der Waals surface area contributed by atoms with Gasteiger partial charge in [0.25, 0.3) is 5.24 Å². The lowest BCUT2D eigenvalue weighted by atomic mass is 10.1. The summed E-state index contributed by atoms with van der Waals surface area (Å²) in [5.74, 6) is 1.95. The molecule has 1 atom stereocenters. The zero-order valence-electron chi connectivity index (χ0n) is 24.8. The molecule has 0 bridgehead atoms. The molecule has 0 saturated carbocycles. The molecule has 1 aromatic heterocycles. The average molecular weight is 656 g/mol. The van der Waals surface area contributed by atoms with Crippen LogP contribution in [0.25, 0.3) is 11.0 Å². The minimum absolute atomic E-state index is 0.246. The number of imide groups is 1. The monoisotopic (exact) mass is 655 g/mol. The van der Waals surface area contributed by atoms with Gasteiger partial charge in [-0.05, 0) is 78.2 Å². The van der Waals surface area contributed by atoms with Gasteiger partial charge in [-0.25, -0.2) is 9.78 Å². The summed E-state index contributed by atoms with van der Waals surface area (Å²) in [5, 5.41) is 7.81. The number of nitrogens with zero attached hydrogens (tertiary/aromatic N) is 2. The molecule has 1 aliphatic rings. The highest BCUT2D eigenvalue weighted by Crippen LogP contribution is 2.25. The maximum atomic E-state index is 12.3. The quantitative estimate of drug-likeness (QED) is 0.140. The van der Waals surface area contributed by atoms with Gasteiger partial charge in [0.15, 0.2) is 0 Å². The number of benzene rings is 4. The number of anilines is 2. The van der Waals surface area contributed by atoms with Gasteiger partial charge in [-0.15, -0.1) is 0 Å². The second-order valence-electron chi connectivity index (χ2n) is 10.6. The predicted octanol–water partition coefficient (Wildman–Crippen LogP) is 6.97. The fourth-order valence-electron chi connectivity index (χ4n) is 4.92. The first-order valence-corrected chi connectivity index (χ1v) is 15.8. The Labute approximate surface area is 274 Å². The SMILES string of the molecule is Cn1c(COc2ccc(CC3SC(=O)NC3=O)cc2)nc2ccc(OCCc3ccc(NC(=O)Nc4ccc(Cl)cc4)cc3)cc21. The third kappa shape index (κ3) is 7.79. The Bertz CT molecular complexity index is 1880. The zero-order chi connectivity index (χ0) is 32.0. The second-order valence-corrected chi connectivity index (χ2v) is 12.3. The molecule has 6 rings (SSSR count). The number of imidazole rings is 1. The summed E-state index contributed by atoms with van der Waals surface area (Å²) in [5.41, 5.74) is 5.14. The van der Waals surface area contributed by atoms with E-state index in [9.17, 15) is 14.4 Å². The summed E-state index contributed by atoms with van der Waals surface area (Å²) >= 11 is 6.91. The average Bonchev–Trinajstić information content (AvgIpc) is 3.54. The van der Waals surface area contributed by atoms with Crippen molar-refractivity contribution in [3.8, 4) is 11.5 Å². The molecule has 12 heteroatoms. The summed E-state index contributed by atoms with van der Waals surface area (Å²) in [7, 11) is 1.94. The summed E-state index contributed by atoms with van der Waals surface area (Å²) < 4.78 is 14.0. The highest BCUT2D eigenvalue weighted by Gasteiger charge is 2.31. The van der Waals surface area contributed by atoms with Gasteiger partial charge in [0.05, 0.1) is 22.9 Å². The van der Waals surface area contributed by atoms with Crippen molar-refractivity contribution in [2.24, 2.45) is 7.05 Å². The number of fused-ring (bicyclic) bond motifs is 1. The van der Waals surface area contributed by atoms with Gasteiger partial charge in [0, 0.05) is 35.9 Å². The van der Waals surface area contributed by atoms with Gasteiger partial charge in [-0.3, -0.25) is 14.9 Å². The minimum Gasteiger partial charge on any atom is -0.493 e. The number of halogens is 1. The van der Waals surface area contributed by atoms with Crippen molar-refractivity contribution in [1.29, 1.82) is 0 Å². The number of hydrogen-bond donors (Lipinski definition) is 3. The topological polar surface area (TPSA) is 124 Å². The van der Waals surface area contributed by atoms with Crippen LogP contribution in [0.2, 0.25) is 5.02 Å². The van der Waals surface area contributed by atoms with Crippen LogP contribution in [0.15, 0.2) is 91.0 Å². The van der Waals surface area contributed by atoms with Crippen LogP contribution < -0.4 is 25.4 Å². The summed E-state index contributed by atoms with van der Waals surface area (Å²) in [6.07, 6.45) is 1.18. The lowest BCUT2D eigenvalue weighted by Crippen LogP contribution is -2.25. The Hall–Kier alpha value is -5.00. The normalized spacial score (nSPS) is 14.3. The van der Waals surface area contributed by atoms with Crippen LogP contribution in [-0.2, 0) is 31.3 Å². The van der Waals surface area contributed by atoms with Crippen molar-refractivity contribution in [3.05, 3.63) is 113 Å². The molecule has 4 aromatic carbocycles. The van der Waals surface area contributed by atoms with Gasteiger partial charge < -0.3 is 24.7 Å². The first-order valence-electron chi connectivity index (χ1n) is 14.5. The molecule has 234 valence electrons. The van der Waals surface area contributed by atoms with E-state index in [-0.39, 0.29) is 23.8 Å². The van der Waals surface area contributed by atoms with E-state index in [2.05, 4.69) is 16.0 Å². The number of aryl methyl sites for hydroxylation is 1. The lowest BCUT2D eigenvalue weighted by Gasteiger charge is -2.10. The van der Waals surface area contributed by atoms with Crippen LogP contribution in [0.4, 0.5) is 21.0 Å². The Kier molecular flexibility index (Phi) is 9.41. The van der Waals surface area contributed by atoms with Crippen LogP contribution >= 0.6 is 23.4 Å². The van der Waals surface area contributed by atoms with Gasteiger partial charge in [0.1, 0.15) is 23.9 Å². The molecule has 1 aliphatic heterocycles. The highest BCUT2D eigenvalue weighted by atomic mass is 35.5. The molecule has 5 aromatic rings. The van der Waals surface area contributed by atoms with E-state index in [4.69, 9.17) is 26.1 Å². The molecule has 0 radical (unpaired) electrons. The van der Waals surface area contributed by atoms with E-state index in [0.29, 0.717) is 41.6 Å². The molecular weight excluding hydrogens is 626 g/mol. The van der Waals surface area contributed by atoms with Gasteiger partial charge >= 0.3 is 6.03 Å². The molecule has 0 aliphatic carbocycles. The second kappa shape index (κ2) is 14.0. The fourth-order valence-corrected chi connectivity index (χ4v) is 5.90. The Morgan fingerprint density at radius 3 is 2.22 bits per heavy atom. The molecule has 10 nitrogen and oxygen atoms in total. The first-order chi connectivity index (χ1) is 22.3. The van der Waals surface area contributed by atoms with E-state index in [1.165, 1.54) is 0 Å². The van der Waals surface area contributed by atoms with Gasteiger partial charge in [-0.2, -0.15) is 0 Å². The number of rotatable bonds is 11. The van der Waals surface area contributed by atoms with Crippen molar-refractivity contribution in [3.63, 3.8) is 0 Å². The van der Waals surface area contributed by atoms with Crippen LogP contribution in [0.5, 0.6) is 11.5 Å². The van der Waals surface area contributed by atoms with Crippen LogP contribution in [0.3, 0.4) is 0 Å². The molecule has 1 unspecified atom stereocenters. The Morgan fingerprint density at radius 2 is 1.54 bits per heavy atom. The smallest absolute Gasteiger partial charge is 0.323 e. The van der Waals surface area contributed by atoms with Crippen molar-refractivity contribution in [2.75, 3.05) is 17.2 Å². The van der Waals surface area contributed by atoms with Crippen LogP contribution in [0, 0.1) is 0 Å². The molecule has 3 N–H and O–H groups in total. The van der Waals surface area contributed by atoms with Crippen LogP contribution in [0.1, 0.15) is 17.0 Å². The maximum Gasteiger partial charge on any atom is 0.323 e. The van der Waals surface area contributed by atoms with Crippen LogP contribution in [-0.4, -0.2) is 38.6 Å². The van der Waals surface area contributed by atoms with E-state index in [0.717, 1.165) is 45.5 Å².